The van der Waals surface area contributed by atoms with Crippen LogP contribution in [0.4, 0.5) is 14.5 Å². The van der Waals surface area contributed by atoms with Crippen LogP contribution in [0.15, 0.2) is 30.3 Å². The number of benzene rings is 2. The van der Waals surface area contributed by atoms with Gasteiger partial charge in [0.1, 0.15) is 17.4 Å². The zero-order valence-corrected chi connectivity index (χ0v) is 20.4. The molecule has 1 aliphatic rings. The van der Waals surface area contributed by atoms with Crippen molar-refractivity contribution in [1.82, 2.24) is 5.32 Å². The first-order valence-corrected chi connectivity index (χ1v) is 11.6. The van der Waals surface area contributed by atoms with E-state index in [-0.39, 0.29) is 25.0 Å². The molecule has 0 aliphatic carbocycles. The van der Waals surface area contributed by atoms with Crippen LogP contribution >= 0.6 is 0 Å². The first kappa shape index (κ1) is 25.9. The third-order valence-corrected chi connectivity index (χ3v) is 5.82. The summed E-state index contributed by atoms with van der Waals surface area (Å²) in [5.41, 5.74) is 2.76. The Labute approximate surface area is 199 Å². The molecule has 2 aromatic rings. The van der Waals surface area contributed by atoms with E-state index in [1.54, 1.807) is 0 Å². The van der Waals surface area contributed by atoms with Crippen molar-refractivity contribution >= 4 is 11.6 Å². The van der Waals surface area contributed by atoms with Gasteiger partial charge in [0.05, 0.1) is 36.1 Å². The molecule has 0 saturated heterocycles. The van der Waals surface area contributed by atoms with Crippen molar-refractivity contribution in [2.75, 3.05) is 18.5 Å². The summed E-state index contributed by atoms with van der Waals surface area (Å²) < 4.78 is 39.3. The largest absolute Gasteiger partial charge is 0.489 e. The number of ether oxygens (including phenoxy) is 2. The molecule has 0 spiro atoms. The fraction of sp³-hybridized carbons (Fsp3) is 0.500. The number of carbonyl (C=O) groups excluding carboxylic acids is 1. The summed E-state index contributed by atoms with van der Waals surface area (Å²) in [6.45, 7) is 9.89. The van der Waals surface area contributed by atoms with Crippen molar-refractivity contribution in [2.24, 2.45) is 0 Å². The molecule has 3 rings (SSSR count). The molecule has 0 unspecified atom stereocenters. The highest BCUT2D eigenvalue weighted by Gasteiger charge is 2.32. The highest BCUT2D eigenvalue weighted by molar-refractivity contribution is 5.73. The fourth-order valence-corrected chi connectivity index (χ4v) is 4.36. The smallest absolute Gasteiger partial charge is 0.217 e. The van der Waals surface area contributed by atoms with Crippen LogP contribution in [0.3, 0.4) is 0 Å². The van der Waals surface area contributed by atoms with Gasteiger partial charge in [-0.3, -0.25) is 4.79 Å². The molecule has 1 heterocycles. The van der Waals surface area contributed by atoms with Crippen molar-refractivity contribution in [3.05, 3.63) is 58.7 Å². The van der Waals surface area contributed by atoms with Gasteiger partial charge >= 0.3 is 0 Å². The number of nitrogens with one attached hydrogen (secondary N) is 2. The van der Waals surface area contributed by atoms with Crippen LogP contribution in [0.5, 0.6) is 5.75 Å². The average Bonchev–Trinajstić information content (AvgIpc) is 2.70. The number of anilines is 1. The molecular weight excluding hydrogens is 442 g/mol. The average molecular weight is 477 g/mol. The molecule has 0 radical (unpaired) electrons. The van der Waals surface area contributed by atoms with Crippen molar-refractivity contribution in [1.29, 1.82) is 0 Å². The van der Waals surface area contributed by atoms with Gasteiger partial charge < -0.3 is 25.2 Å². The number of amides is 1. The van der Waals surface area contributed by atoms with E-state index in [4.69, 9.17) is 9.47 Å². The van der Waals surface area contributed by atoms with Crippen LogP contribution < -0.4 is 15.4 Å². The third kappa shape index (κ3) is 6.45. The Morgan fingerprint density at radius 2 is 1.88 bits per heavy atom. The first-order valence-electron chi connectivity index (χ1n) is 11.6. The van der Waals surface area contributed by atoms with Gasteiger partial charge in [-0.15, -0.1) is 0 Å². The number of halogens is 2. The minimum atomic E-state index is -1.04. The maximum atomic E-state index is 13.7. The summed E-state index contributed by atoms with van der Waals surface area (Å²) in [4.78, 5) is 11.8. The SMILES string of the molecule is CC(=O)N[C@@H](Cc1cc(F)cc(F)c1)[C@H](O)CNc1c(OC(C)C)ccc2c1CCOC2(C)C. The molecule has 0 fully saturated rings. The summed E-state index contributed by atoms with van der Waals surface area (Å²) in [6.07, 6.45) is -0.332. The lowest BCUT2D eigenvalue weighted by Gasteiger charge is -2.35. The summed E-state index contributed by atoms with van der Waals surface area (Å²) in [7, 11) is 0. The number of carbonyl (C=O) groups is 1. The van der Waals surface area contributed by atoms with Gasteiger partial charge in [0.25, 0.3) is 0 Å². The molecule has 0 saturated carbocycles. The minimum Gasteiger partial charge on any atom is -0.489 e. The van der Waals surface area contributed by atoms with Crippen LogP contribution in [0.25, 0.3) is 0 Å². The van der Waals surface area contributed by atoms with Gasteiger partial charge in [-0.25, -0.2) is 8.78 Å². The van der Waals surface area contributed by atoms with E-state index >= 15 is 0 Å². The standard InChI is InChI=1S/C26H34F2N2O4/c1-15(2)34-24-7-6-21-20(8-9-33-26(21,4)5)25(24)29-14-23(32)22(30-16(3)31)12-17-10-18(27)13-19(28)11-17/h6-7,10-11,13,15,22-23,29,32H,8-9,12,14H2,1-5H3,(H,30,31)/t22-,23+/m0/s1. The Morgan fingerprint density at radius 3 is 2.50 bits per heavy atom. The highest BCUT2D eigenvalue weighted by Crippen LogP contribution is 2.41. The van der Waals surface area contributed by atoms with Crippen molar-refractivity contribution in [2.45, 2.75) is 71.3 Å². The summed E-state index contributed by atoms with van der Waals surface area (Å²) in [6, 6.07) is 6.33. The van der Waals surface area contributed by atoms with Crippen molar-refractivity contribution < 1.29 is 28.2 Å². The normalized spacial score (nSPS) is 16.5. The Kier molecular flexibility index (Phi) is 8.15. The Morgan fingerprint density at radius 1 is 1.21 bits per heavy atom. The Hall–Kier alpha value is -2.71. The second-order valence-corrected chi connectivity index (χ2v) is 9.48. The number of rotatable bonds is 9. The van der Waals surface area contributed by atoms with Gasteiger partial charge in [0.2, 0.25) is 5.91 Å². The highest BCUT2D eigenvalue weighted by atomic mass is 19.1. The quantitative estimate of drug-likeness (QED) is 0.508. The molecule has 34 heavy (non-hydrogen) atoms. The van der Waals surface area contributed by atoms with E-state index in [1.165, 1.54) is 19.1 Å². The molecular formula is C26H34F2N2O4. The van der Waals surface area contributed by atoms with Crippen LogP contribution in [-0.4, -0.2) is 42.4 Å². The molecule has 8 heteroatoms. The molecule has 1 amide bonds. The zero-order valence-electron chi connectivity index (χ0n) is 20.4. The monoisotopic (exact) mass is 476 g/mol. The van der Waals surface area contributed by atoms with E-state index in [2.05, 4.69) is 10.6 Å². The maximum Gasteiger partial charge on any atom is 0.217 e. The predicted molar refractivity (Wildman–Crippen MR) is 127 cm³/mol. The van der Waals surface area contributed by atoms with Crippen molar-refractivity contribution in [3.63, 3.8) is 0 Å². The van der Waals surface area contributed by atoms with E-state index < -0.39 is 29.4 Å². The van der Waals surface area contributed by atoms with Gasteiger partial charge in [-0.2, -0.15) is 0 Å². The number of fused-ring (bicyclic) bond motifs is 1. The summed E-state index contributed by atoms with van der Waals surface area (Å²) >= 11 is 0. The van der Waals surface area contributed by atoms with Crippen LogP contribution in [0.2, 0.25) is 0 Å². The Bertz CT molecular complexity index is 1010. The molecule has 0 bridgehead atoms. The molecule has 1 aliphatic heterocycles. The van der Waals surface area contributed by atoms with E-state index in [0.29, 0.717) is 24.3 Å². The lowest BCUT2D eigenvalue weighted by atomic mass is 9.87. The third-order valence-electron chi connectivity index (χ3n) is 5.82. The number of aliphatic hydroxyl groups excluding tert-OH is 1. The Balaban J connectivity index is 1.85. The van der Waals surface area contributed by atoms with Crippen LogP contribution in [-0.2, 0) is 28.0 Å². The molecule has 2 aromatic carbocycles. The van der Waals surface area contributed by atoms with Gasteiger partial charge in [-0.1, -0.05) is 6.07 Å². The van der Waals surface area contributed by atoms with Gasteiger partial charge in [0.15, 0.2) is 0 Å². The van der Waals surface area contributed by atoms with Crippen molar-refractivity contribution in [3.8, 4) is 5.75 Å². The van der Waals surface area contributed by atoms with E-state index in [0.717, 1.165) is 22.9 Å². The second-order valence-electron chi connectivity index (χ2n) is 9.48. The van der Waals surface area contributed by atoms with E-state index in [1.807, 2.05) is 39.8 Å². The number of hydrogen-bond donors (Lipinski definition) is 3. The van der Waals surface area contributed by atoms with Gasteiger partial charge in [-0.05, 0) is 75.4 Å². The lowest BCUT2D eigenvalue weighted by molar-refractivity contribution is -0.120. The predicted octanol–water partition coefficient (Wildman–Crippen LogP) is 4.08. The number of hydrogen-bond acceptors (Lipinski definition) is 5. The van der Waals surface area contributed by atoms with Crippen LogP contribution in [0.1, 0.15) is 51.3 Å². The first-order chi connectivity index (χ1) is 16.0. The molecule has 6 nitrogen and oxygen atoms in total. The lowest BCUT2D eigenvalue weighted by Crippen LogP contribution is -2.47. The minimum absolute atomic E-state index is 0.0497. The fourth-order valence-electron chi connectivity index (χ4n) is 4.36. The molecule has 3 N–H and O–H groups in total. The summed E-state index contributed by atoms with van der Waals surface area (Å²) in [5, 5.41) is 17.0. The second kappa shape index (κ2) is 10.7. The number of aliphatic hydroxyl groups is 1. The molecule has 2 atom stereocenters. The molecule has 0 aromatic heterocycles. The zero-order chi connectivity index (χ0) is 25.0. The topological polar surface area (TPSA) is 79.8 Å². The van der Waals surface area contributed by atoms with Gasteiger partial charge in [0, 0.05) is 19.5 Å². The van der Waals surface area contributed by atoms with E-state index in [9.17, 15) is 18.7 Å². The summed E-state index contributed by atoms with van der Waals surface area (Å²) in [5.74, 6) is -1.09. The van der Waals surface area contributed by atoms with Crippen LogP contribution in [0, 0.1) is 11.6 Å². The molecule has 186 valence electrons. The maximum absolute atomic E-state index is 13.7.